The van der Waals surface area contributed by atoms with Crippen molar-refractivity contribution < 1.29 is 4.42 Å². The molecule has 1 aliphatic rings. The number of rotatable bonds is 1. The van der Waals surface area contributed by atoms with E-state index in [1.54, 1.807) is 6.26 Å². The SMILES string of the molecule is [CH]1c2ccccc2-c2cccc(-c3ccco3)c21. The highest BCUT2D eigenvalue weighted by molar-refractivity contribution is 5.87. The van der Waals surface area contributed by atoms with E-state index in [0.29, 0.717) is 0 Å². The third-order valence-corrected chi connectivity index (χ3v) is 3.44. The molecule has 0 saturated heterocycles. The van der Waals surface area contributed by atoms with Crippen molar-refractivity contribution in [2.75, 3.05) is 0 Å². The second-order valence-electron chi connectivity index (χ2n) is 4.48. The van der Waals surface area contributed by atoms with Gasteiger partial charge in [0.15, 0.2) is 0 Å². The molecule has 0 fully saturated rings. The largest absolute Gasteiger partial charge is 0.464 e. The number of furan rings is 1. The van der Waals surface area contributed by atoms with Crippen LogP contribution in [0.4, 0.5) is 0 Å². The standard InChI is InChI=1S/C17H11O/c1-2-6-13-12(5-1)11-16-14(13)7-3-8-15(16)17-9-4-10-18-17/h1-11H. The van der Waals surface area contributed by atoms with Crippen LogP contribution in [0.1, 0.15) is 11.1 Å². The van der Waals surface area contributed by atoms with Gasteiger partial charge in [-0.1, -0.05) is 42.5 Å². The summed E-state index contributed by atoms with van der Waals surface area (Å²) >= 11 is 0. The Morgan fingerprint density at radius 1 is 0.667 bits per heavy atom. The maximum Gasteiger partial charge on any atom is 0.134 e. The number of hydrogen-bond donors (Lipinski definition) is 0. The van der Waals surface area contributed by atoms with Gasteiger partial charge in [-0.05, 0) is 34.4 Å². The monoisotopic (exact) mass is 231 g/mol. The zero-order valence-electron chi connectivity index (χ0n) is 9.76. The maximum atomic E-state index is 5.52. The fraction of sp³-hybridized carbons (Fsp3) is 0. The van der Waals surface area contributed by atoms with E-state index in [1.165, 1.54) is 22.3 Å². The van der Waals surface area contributed by atoms with Crippen molar-refractivity contribution in [1.82, 2.24) is 0 Å². The van der Waals surface area contributed by atoms with Gasteiger partial charge < -0.3 is 4.42 Å². The highest BCUT2D eigenvalue weighted by Crippen LogP contribution is 2.42. The zero-order valence-corrected chi connectivity index (χ0v) is 9.76. The van der Waals surface area contributed by atoms with Crippen molar-refractivity contribution in [3.8, 4) is 22.5 Å². The molecule has 0 spiro atoms. The molecule has 0 bridgehead atoms. The van der Waals surface area contributed by atoms with Crippen LogP contribution in [0, 0.1) is 6.42 Å². The third-order valence-electron chi connectivity index (χ3n) is 3.44. The molecule has 3 aromatic rings. The Morgan fingerprint density at radius 2 is 1.50 bits per heavy atom. The Labute approximate surface area is 106 Å². The summed E-state index contributed by atoms with van der Waals surface area (Å²) in [6.07, 6.45) is 3.96. The normalized spacial score (nSPS) is 12.2. The van der Waals surface area contributed by atoms with E-state index in [2.05, 4.69) is 48.9 Å². The molecule has 1 nitrogen and oxygen atoms in total. The summed E-state index contributed by atoms with van der Waals surface area (Å²) < 4.78 is 5.52. The van der Waals surface area contributed by atoms with Gasteiger partial charge in [0.25, 0.3) is 0 Å². The van der Waals surface area contributed by atoms with Gasteiger partial charge in [0.05, 0.1) is 6.26 Å². The van der Waals surface area contributed by atoms with E-state index in [-0.39, 0.29) is 0 Å². The minimum atomic E-state index is 0.927. The smallest absolute Gasteiger partial charge is 0.134 e. The van der Waals surface area contributed by atoms with Gasteiger partial charge in [0.1, 0.15) is 5.76 Å². The summed E-state index contributed by atoms with van der Waals surface area (Å²) in [6.45, 7) is 0. The Bertz CT molecular complexity index is 708. The second kappa shape index (κ2) is 3.61. The fourth-order valence-electron chi connectivity index (χ4n) is 2.63. The van der Waals surface area contributed by atoms with Gasteiger partial charge in [-0.25, -0.2) is 0 Å². The molecule has 4 rings (SSSR count). The Balaban J connectivity index is 1.97. The molecule has 1 aliphatic carbocycles. The fourth-order valence-corrected chi connectivity index (χ4v) is 2.63. The van der Waals surface area contributed by atoms with Gasteiger partial charge in [-0.2, -0.15) is 0 Å². The van der Waals surface area contributed by atoms with Crippen LogP contribution < -0.4 is 0 Å². The minimum Gasteiger partial charge on any atom is -0.464 e. The van der Waals surface area contributed by atoms with Crippen LogP contribution in [0.25, 0.3) is 22.5 Å². The van der Waals surface area contributed by atoms with Crippen molar-refractivity contribution >= 4 is 0 Å². The Hall–Kier alpha value is -2.28. The van der Waals surface area contributed by atoms with Crippen molar-refractivity contribution in [3.05, 3.63) is 78.4 Å². The minimum absolute atomic E-state index is 0.927. The Kier molecular flexibility index (Phi) is 1.95. The molecule has 18 heavy (non-hydrogen) atoms. The highest BCUT2D eigenvalue weighted by atomic mass is 16.3. The lowest BCUT2D eigenvalue weighted by molar-refractivity contribution is 0.582. The first kappa shape index (κ1) is 9.72. The van der Waals surface area contributed by atoms with E-state index >= 15 is 0 Å². The predicted molar refractivity (Wildman–Crippen MR) is 72.1 cm³/mol. The molecule has 0 atom stereocenters. The molecule has 1 heterocycles. The van der Waals surface area contributed by atoms with Crippen LogP contribution in [-0.4, -0.2) is 0 Å². The first-order valence-electron chi connectivity index (χ1n) is 6.04. The molecule has 2 aromatic carbocycles. The lowest BCUT2D eigenvalue weighted by atomic mass is 10.00. The molecule has 0 amide bonds. The summed E-state index contributed by atoms with van der Waals surface area (Å²) in [4.78, 5) is 0. The van der Waals surface area contributed by atoms with Crippen molar-refractivity contribution in [2.24, 2.45) is 0 Å². The second-order valence-corrected chi connectivity index (χ2v) is 4.48. The molecular formula is C17H11O. The maximum absolute atomic E-state index is 5.52. The van der Waals surface area contributed by atoms with Crippen LogP contribution in [0.3, 0.4) is 0 Å². The molecular weight excluding hydrogens is 220 g/mol. The molecule has 85 valence electrons. The third kappa shape index (κ3) is 1.28. The Morgan fingerprint density at radius 3 is 2.39 bits per heavy atom. The van der Waals surface area contributed by atoms with E-state index < -0.39 is 0 Å². The molecule has 0 saturated carbocycles. The predicted octanol–water partition coefficient (Wildman–Crippen LogP) is 4.53. The molecule has 0 N–H and O–H groups in total. The lowest BCUT2D eigenvalue weighted by Crippen LogP contribution is -1.84. The van der Waals surface area contributed by atoms with Crippen molar-refractivity contribution in [1.29, 1.82) is 0 Å². The van der Waals surface area contributed by atoms with E-state index in [4.69, 9.17) is 4.42 Å². The van der Waals surface area contributed by atoms with E-state index in [1.807, 2.05) is 12.1 Å². The molecule has 1 aromatic heterocycles. The van der Waals surface area contributed by atoms with Crippen LogP contribution >= 0.6 is 0 Å². The summed E-state index contributed by atoms with van der Waals surface area (Å²) in [7, 11) is 0. The van der Waals surface area contributed by atoms with Gasteiger partial charge in [0.2, 0.25) is 0 Å². The van der Waals surface area contributed by atoms with E-state index in [9.17, 15) is 0 Å². The first-order chi connectivity index (χ1) is 8.93. The summed E-state index contributed by atoms with van der Waals surface area (Å²) in [5.74, 6) is 0.927. The zero-order chi connectivity index (χ0) is 11.9. The van der Waals surface area contributed by atoms with Gasteiger partial charge in [-0.15, -0.1) is 0 Å². The highest BCUT2D eigenvalue weighted by Gasteiger charge is 2.21. The van der Waals surface area contributed by atoms with Crippen molar-refractivity contribution in [3.63, 3.8) is 0 Å². The summed E-state index contributed by atoms with van der Waals surface area (Å²) in [6, 6.07) is 18.8. The molecule has 1 radical (unpaired) electrons. The quantitative estimate of drug-likeness (QED) is 0.469. The van der Waals surface area contributed by atoms with Gasteiger partial charge >= 0.3 is 0 Å². The number of benzene rings is 2. The number of hydrogen-bond acceptors (Lipinski definition) is 1. The molecule has 0 unspecified atom stereocenters. The molecule has 1 heteroatoms. The van der Waals surface area contributed by atoms with Gasteiger partial charge in [-0.3, -0.25) is 0 Å². The molecule has 0 aliphatic heterocycles. The average Bonchev–Trinajstić information content (AvgIpc) is 3.05. The van der Waals surface area contributed by atoms with Crippen LogP contribution in [0.15, 0.2) is 65.3 Å². The number of fused-ring (bicyclic) bond motifs is 3. The van der Waals surface area contributed by atoms with Crippen LogP contribution in [-0.2, 0) is 0 Å². The van der Waals surface area contributed by atoms with Crippen LogP contribution in [0.5, 0.6) is 0 Å². The van der Waals surface area contributed by atoms with Crippen LogP contribution in [0.2, 0.25) is 0 Å². The average molecular weight is 231 g/mol. The van der Waals surface area contributed by atoms with E-state index in [0.717, 1.165) is 11.3 Å². The first-order valence-corrected chi connectivity index (χ1v) is 6.04. The summed E-state index contributed by atoms with van der Waals surface area (Å²) in [5, 5.41) is 0. The van der Waals surface area contributed by atoms with Gasteiger partial charge in [0, 0.05) is 12.0 Å². The lowest BCUT2D eigenvalue weighted by Gasteiger charge is -2.05. The van der Waals surface area contributed by atoms with Crippen molar-refractivity contribution in [2.45, 2.75) is 0 Å². The summed E-state index contributed by atoms with van der Waals surface area (Å²) in [5.41, 5.74) is 6.30. The topological polar surface area (TPSA) is 13.1 Å².